The van der Waals surface area contributed by atoms with Gasteiger partial charge in [-0.25, -0.2) is 0 Å². The van der Waals surface area contributed by atoms with E-state index < -0.39 is 0 Å². The highest BCUT2D eigenvalue weighted by atomic mass is 15.5. The van der Waals surface area contributed by atoms with E-state index in [1.54, 1.807) is 0 Å². The molecule has 9 heavy (non-hydrogen) atoms. The van der Waals surface area contributed by atoms with Gasteiger partial charge in [-0.05, 0) is 6.42 Å². The Kier molecular flexibility index (Phi) is 0.946. The number of hydrogen-bond donors (Lipinski definition) is 1. The number of amidine groups is 1. The molecule has 2 aliphatic heterocycles. The molecule has 2 heterocycles. The molecule has 0 aliphatic carbocycles. The normalized spacial score (nSPS) is 23.1. The Labute approximate surface area is 54.0 Å². The maximum atomic E-state index is 4.10. The van der Waals surface area contributed by atoms with Gasteiger partial charge in [-0.2, -0.15) is 5.10 Å². The Morgan fingerprint density at radius 2 is 2.67 bits per heavy atom. The van der Waals surface area contributed by atoms with Gasteiger partial charge >= 0.3 is 0 Å². The van der Waals surface area contributed by atoms with Crippen LogP contribution in [-0.2, 0) is 0 Å². The molecule has 3 heteroatoms. The third-order valence-electron chi connectivity index (χ3n) is 1.60. The minimum atomic E-state index is 0.853. The van der Waals surface area contributed by atoms with Crippen molar-refractivity contribution in [2.45, 2.75) is 12.8 Å². The molecule has 0 atom stereocenters. The second-order valence-electron chi connectivity index (χ2n) is 2.24. The van der Waals surface area contributed by atoms with E-state index in [0.717, 1.165) is 19.5 Å². The Balaban J connectivity index is 2.23. The smallest absolute Gasteiger partial charge is 0.130 e. The molecule has 0 amide bonds. The first-order valence-electron chi connectivity index (χ1n) is 3.19. The zero-order chi connectivity index (χ0) is 6.10. The summed E-state index contributed by atoms with van der Waals surface area (Å²) in [4.78, 5) is 2.13. The molecule has 0 fully saturated rings. The average Bonchev–Trinajstić information content (AvgIpc) is 2.33. The second-order valence-corrected chi connectivity index (χ2v) is 2.24. The van der Waals surface area contributed by atoms with Crippen molar-refractivity contribution in [1.82, 2.24) is 10.3 Å². The Morgan fingerprint density at radius 1 is 1.67 bits per heavy atom. The van der Waals surface area contributed by atoms with Crippen LogP contribution in [0.15, 0.2) is 17.4 Å². The van der Waals surface area contributed by atoms with Crippen molar-refractivity contribution in [2.24, 2.45) is 5.10 Å². The van der Waals surface area contributed by atoms with Crippen molar-refractivity contribution in [1.29, 1.82) is 0 Å². The van der Waals surface area contributed by atoms with Gasteiger partial charge in [0.1, 0.15) is 12.5 Å². The molecule has 0 saturated carbocycles. The Bertz CT molecular complexity index is 171. The van der Waals surface area contributed by atoms with Crippen LogP contribution in [0.1, 0.15) is 12.8 Å². The summed E-state index contributed by atoms with van der Waals surface area (Å²) in [6, 6.07) is 0. The predicted octanol–water partition coefficient (Wildman–Crippen LogP) is 0.470. The SMILES string of the molecule is C1=CN2CNN=C2CC1. The van der Waals surface area contributed by atoms with Crippen LogP contribution in [0.4, 0.5) is 0 Å². The van der Waals surface area contributed by atoms with Crippen LogP contribution >= 0.6 is 0 Å². The Hall–Kier alpha value is -0.990. The Morgan fingerprint density at radius 3 is 3.56 bits per heavy atom. The van der Waals surface area contributed by atoms with Gasteiger partial charge in [0, 0.05) is 12.6 Å². The number of nitrogens with one attached hydrogen (secondary N) is 1. The van der Waals surface area contributed by atoms with Gasteiger partial charge in [-0.1, -0.05) is 6.08 Å². The zero-order valence-corrected chi connectivity index (χ0v) is 5.17. The fourth-order valence-electron chi connectivity index (χ4n) is 1.11. The van der Waals surface area contributed by atoms with Gasteiger partial charge in [0.15, 0.2) is 0 Å². The lowest BCUT2D eigenvalue weighted by Crippen LogP contribution is -2.25. The molecule has 0 saturated heterocycles. The average molecular weight is 123 g/mol. The summed E-state index contributed by atoms with van der Waals surface area (Å²) in [5, 5.41) is 4.10. The third-order valence-corrected chi connectivity index (χ3v) is 1.60. The van der Waals surface area contributed by atoms with Gasteiger partial charge in [0.25, 0.3) is 0 Å². The highest BCUT2D eigenvalue weighted by Gasteiger charge is 2.15. The lowest BCUT2D eigenvalue weighted by atomic mass is 10.2. The van der Waals surface area contributed by atoms with E-state index >= 15 is 0 Å². The summed E-state index contributed by atoms with van der Waals surface area (Å²) in [5.41, 5.74) is 2.93. The van der Waals surface area contributed by atoms with E-state index in [9.17, 15) is 0 Å². The molecule has 0 unspecified atom stereocenters. The summed E-state index contributed by atoms with van der Waals surface area (Å²) in [6.45, 7) is 0.853. The van der Waals surface area contributed by atoms with Crippen LogP contribution in [0.25, 0.3) is 0 Å². The van der Waals surface area contributed by atoms with Crippen molar-refractivity contribution in [3.63, 3.8) is 0 Å². The van der Waals surface area contributed by atoms with E-state index in [4.69, 9.17) is 0 Å². The van der Waals surface area contributed by atoms with E-state index in [0.29, 0.717) is 0 Å². The second kappa shape index (κ2) is 1.76. The third kappa shape index (κ3) is 0.686. The summed E-state index contributed by atoms with van der Waals surface area (Å²) in [7, 11) is 0. The monoisotopic (exact) mass is 123 g/mol. The molecule has 0 aromatic heterocycles. The summed E-state index contributed by atoms with van der Waals surface area (Å²) >= 11 is 0. The molecular formula is C6H9N3. The van der Waals surface area contributed by atoms with Crippen LogP contribution in [0.5, 0.6) is 0 Å². The van der Waals surface area contributed by atoms with Crippen LogP contribution in [0.2, 0.25) is 0 Å². The lowest BCUT2D eigenvalue weighted by Gasteiger charge is -2.16. The minimum Gasteiger partial charge on any atom is -0.316 e. The first-order valence-corrected chi connectivity index (χ1v) is 3.19. The molecule has 1 N–H and O–H groups in total. The highest BCUT2D eigenvalue weighted by Crippen LogP contribution is 2.10. The van der Waals surface area contributed by atoms with Crippen molar-refractivity contribution in [3.05, 3.63) is 12.3 Å². The van der Waals surface area contributed by atoms with E-state index in [-0.39, 0.29) is 0 Å². The quantitative estimate of drug-likeness (QED) is 0.507. The molecule has 0 aromatic carbocycles. The van der Waals surface area contributed by atoms with Gasteiger partial charge < -0.3 is 4.90 Å². The van der Waals surface area contributed by atoms with Crippen LogP contribution in [-0.4, -0.2) is 17.4 Å². The molecular weight excluding hydrogens is 114 g/mol. The number of nitrogens with zero attached hydrogens (tertiary/aromatic N) is 2. The molecule has 48 valence electrons. The maximum absolute atomic E-state index is 4.10. The number of hydrazone groups is 1. The van der Waals surface area contributed by atoms with Crippen molar-refractivity contribution < 1.29 is 0 Å². The summed E-state index contributed by atoms with van der Waals surface area (Å²) in [5.74, 6) is 1.18. The van der Waals surface area contributed by atoms with E-state index in [2.05, 4.69) is 27.7 Å². The van der Waals surface area contributed by atoms with Crippen LogP contribution in [0, 0.1) is 0 Å². The fourth-order valence-corrected chi connectivity index (χ4v) is 1.11. The van der Waals surface area contributed by atoms with E-state index in [1.807, 2.05) is 0 Å². The molecule has 3 nitrogen and oxygen atoms in total. The van der Waals surface area contributed by atoms with Crippen molar-refractivity contribution in [3.8, 4) is 0 Å². The molecule has 2 aliphatic rings. The van der Waals surface area contributed by atoms with Crippen molar-refractivity contribution in [2.75, 3.05) is 6.67 Å². The fraction of sp³-hybridized carbons (Fsp3) is 0.500. The molecule has 0 spiro atoms. The summed E-state index contributed by atoms with van der Waals surface area (Å²) < 4.78 is 0. The number of fused-ring (bicyclic) bond motifs is 1. The van der Waals surface area contributed by atoms with Crippen LogP contribution < -0.4 is 5.43 Å². The molecule has 2 rings (SSSR count). The summed E-state index contributed by atoms with van der Waals surface area (Å²) in [6.07, 6.45) is 6.48. The topological polar surface area (TPSA) is 27.6 Å². The largest absolute Gasteiger partial charge is 0.316 e. The maximum Gasteiger partial charge on any atom is 0.130 e. The minimum absolute atomic E-state index is 0.853. The van der Waals surface area contributed by atoms with Crippen LogP contribution in [0.3, 0.4) is 0 Å². The van der Waals surface area contributed by atoms with E-state index in [1.165, 1.54) is 5.84 Å². The first kappa shape index (κ1) is 4.85. The number of allylic oxidation sites excluding steroid dienone is 1. The van der Waals surface area contributed by atoms with Crippen molar-refractivity contribution >= 4 is 5.84 Å². The first-order chi connectivity index (χ1) is 4.47. The standard InChI is InChI=1S/C6H9N3/c1-2-4-9-5-7-8-6(9)3-1/h2,4,7H,1,3,5H2. The molecule has 0 aromatic rings. The predicted molar refractivity (Wildman–Crippen MR) is 35.7 cm³/mol. The number of rotatable bonds is 0. The van der Waals surface area contributed by atoms with Gasteiger partial charge in [0.05, 0.1) is 0 Å². The highest BCUT2D eigenvalue weighted by molar-refractivity contribution is 5.84. The number of hydrogen-bond acceptors (Lipinski definition) is 3. The lowest BCUT2D eigenvalue weighted by molar-refractivity contribution is 0.533. The zero-order valence-electron chi connectivity index (χ0n) is 5.17. The molecule has 0 bridgehead atoms. The van der Waals surface area contributed by atoms with Gasteiger partial charge in [-0.15, -0.1) is 0 Å². The molecule has 0 radical (unpaired) electrons. The van der Waals surface area contributed by atoms with Gasteiger partial charge in [-0.3, -0.25) is 5.43 Å². The van der Waals surface area contributed by atoms with Gasteiger partial charge in [0.2, 0.25) is 0 Å².